The molecule has 0 bridgehead atoms. The van der Waals surface area contributed by atoms with Gasteiger partial charge in [-0.1, -0.05) is 18.2 Å². The molecule has 1 aliphatic rings. The number of fused-ring (bicyclic) bond motifs is 1. The van der Waals surface area contributed by atoms with Crippen LogP contribution in [0.2, 0.25) is 0 Å². The van der Waals surface area contributed by atoms with E-state index in [4.69, 9.17) is 4.74 Å². The van der Waals surface area contributed by atoms with Gasteiger partial charge in [-0.2, -0.15) is 5.26 Å². The SMILES string of the molecule is Cc1nc(COc2cc3c(cc2-c2ccccc2C#N)C(=O)NC3)cs1. The van der Waals surface area contributed by atoms with E-state index in [0.29, 0.717) is 30.0 Å². The van der Waals surface area contributed by atoms with Gasteiger partial charge in [-0.05, 0) is 30.7 Å². The molecule has 2 heterocycles. The molecule has 0 fully saturated rings. The first-order chi connectivity index (χ1) is 12.7. The zero-order valence-electron chi connectivity index (χ0n) is 14.1. The van der Waals surface area contributed by atoms with E-state index >= 15 is 0 Å². The van der Waals surface area contributed by atoms with Crippen LogP contribution < -0.4 is 10.1 Å². The normalized spacial score (nSPS) is 12.4. The van der Waals surface area contributed by atoms with Gasteiger partial charge in [0.2, 0.25) is 0 Å². The standard InChI is InChI=1S/C20H15N3O2S/c1-12-23-15(11-26-12)10-25-19-6-14-9-22-20(24)17(14)7-18(19)16-5-3-2-4-13(16)8-21/h2-7,11H,9-10H2,1H3,(H,22,24). The summed E-state index contributed by atoms with van der Waals surface area (Å²) in [4.78, 5) is 16.5. The molecular formula is C20H15N3O2S. The van der Waals surface area contributed by atoms with Crippen molar-refractivity contribution in [3.63, 3.8) is 0 Å². The van der Waals surface area contributed by atoms with Gasteiger partial charge >= 0.3 is 0 Å². The van der Waals surface area contributed by atoms with Gasteiger partial charge in [-0.15, -0.1) is 11.3 Å². The number of aryl methyl sites for hydroxylation is 1. The molecule has 26 heavy (non-hydrogen) atoms. The summed E-state index contributed by atoms with van der Waals surface area (Å²) in [6.07, 6.45) is 0. The van der Waals surface area contributed by atoms with Crippen LogP contribution in [0, 0.1) is 18.3 Å². The van der Waals surface area contributed by atoms with Crippen molar-refractivity contribution in [2.45, 2.75) is 20.1 Å². The number of amides is 1. The number of carbonyl (C=O) groups is 1. The lowest BCUT2D eigenvalue weighted by Gasteiger charge is -2.14. The Hall–Kier alpha value is -3.17. The summed E-state index contributed by atoms with van der Waals surface area (Å²) < 4.78 is 6.05. The first-order valence-electron chi connectivity index (χ1n) is 8.14. The number of ether oxygens (including phenoxy) is 1. The van der Waals surface area contributed by atoms with E-state index in [1.54, 1.807) is 17.4 Å². The van der Waals surface area contributed by atoms with Gasteiger partial charge in [-0.25, -0.2) is 4.98 Å². The minimum atomic E-state index is -0.0997. The van der Waals surface area contributed by atoms with Crippen LogP contribution in [0.25, 0.3) is 11.1 Å². The summed E-state index contributed by atoms with van der Waals surface area (Å²) in [6.45, 7) is 2.78. The Morgan fingerprint density at radius 1 is 1.27 bits per heavy atom. The number of nitriles is 1. The van der Waals surface area contributed by atoms with Crippen LogP contribution in [-0.2, 0) is 13.2 Å². The number of nitrogens with zero attached hydrogens (tertiary/aromatic N) is 2. The smallest absolute Gasteiger partial charge is 0.251 e. The molecule has 0 atom stereocenters. The summed E-state index contributed by atoms with van der Waals surface area (Å²) in [7, 11) is 0. The molecule has 128 valence electrons. The van der Waals surface area contributed by atoms with E-state index in [1.807, 2.05) is 42.6 Å². The number of carbonyl (C=O) groups excluding carboxylic acids is 1. The molecule has 1 N–H and O–H groups in total. The first kappa shape index (κ1) is 16.3. The predicted octanol–water partition coefficient (Wildman–Crippen LogP) is 3.81. The maximum Gasteiger partial charge on any atom is 0.251 e. The molecule has 6 heteroatoms. The number of hydrogen-bond donors (Lipinski definition) is 1. The van der Waals surface area contributed by atoms with E-state index in [9.17, 15) is 10.1 Å². The fourth-order valence-corrected chi connectivity index (χ4v) is 3.62. The molecule has 0 spiro atoms. The van der Waals surface area contributed by atoms with Gasteiger partial charge in [0.15, 0.2) is 0 Å². The zero-order chi connectivity index (χ0) is 18.1. The van der Waals surface area contributed by atoms with Gasteiger partial charge < -0.3 is 10.1 Å². The van der Waals surface area contributed by atoms with Crippen LogP contribution in [-0.4, -0.2) is 10.9 Å². The third-order valence-corrected chi connectivity index (χ3v) is 5.09. The number of hydrogen-bond acceptors (Lipinski definition) is 5. The molecular weight excluding hydrogens is 346 g/mol. The fraction of sp³-hybridized carbons (Fsp3) is 0.150. The molecule has 0 saturated heterocycles. The second kappa shape index (κ2) is 6.62. The molecule has 1 aliphatic heterocycles. The molecule has 3 aromatic rings. The van der Waals surface area contributed by atoms with Crippen molar-refractivity contribution >= 4 is 17.2 Å². The van der Waals surface area contributed by atoms with E-state index in [1.165, 1.54) is 0 Å². The third kappa shape index (κ3) is 2.93. The van der Waals surface area contributed by atoms with Crippen LogP contribution in [0.3, 0.4) is 0 Å². The Labute approximate surface area is 154 Å². The number of aromatic nitrogens is 1. The Morgan fingerprint density at radius 3 is 2.88 bits per heavy atom. The molecule has 4 rings (SSSR count). The molecule has 0 aliphatic carbocycles. The van der Waals surface area contributed by atoms with Crippen molar-refractivity contribution in [1.29, 1.82) is 5.26 Å². The number of thiazole rings is 1. The summed E-state index contributed by atoms with van der Waals surface area (Å²) in [5, 5.41) is 15.2. The molecule has 2 aromatic carbocycles. The zero-order valence-corrected chi connectivity index (χ0v) is 14.9. The second-order valence-electron chi connectivity index (χ2n) is 5.99. The highest BCUT2D eigenvalue weighted by molar-refractivity contribution is 7.09. The van der Waals surface area contributed by atoms with Crippen molar-refractivity contribution in [2.24, 2.45) is 0 Å². The van der Waals surface area contributed by atoms with Crippen LogP contribution in [0.4, 0.5) is 0 Å². The van der Waals surface area contributed by atoms with Gasteiger partial charge in [0.1, 0.15) is 12.4 Å². The Balaban J connectivity index is 1.79. The summed E-state index contributed by atoms with van der Waals surface area (Å²) in [6, 6.07) is 13.2. The van der Waals surface area contributed by atoms with Crippen LogP contribution in [0.5, 0.6) is 5.75 Å². The molecule has 1 aromatic heterocycles. The topological polar surface area (TPSA) is 75.0 Å². The van der Waals surface area contributed by atoms with Crippen molar-refractivity contribution in [3.05, 3.63) is 69.2 Å². The van der Waals surface area contributed by atoms with Gasteiger partial charge in [0.05, 0.1) is 22.3 Å². The van der Waals surface area contributed by atoms with Crippen molar-refractivity contribution < 1.29 is 9.53 Å². The average Bonchev–Trinajstić information content (AvgIpc) is 3.24. The highest BCUT2D eigenvalue weighted by atomic mass is 32.1. The van der Waals surface area contributed by atoms with Gasteiger partial charge in [-0.3, -0.25) is 4.79 Å². The Bertz CT molecular complexity index is 1050. The van der Waals surface area contributed by atoms with Crippen LogP contribution >= 0.6 is 11.3 Å². The Morgan fingerprint density at radius 2 is 2.12 bits per heavy atom. The minimum absolute atomic E-state index is 0.0997. The maximum atomic E-state index is 12.1. The number of rotatable bonds is 4. The lowest BCUT2D eigenvalue weighted by Crippen LogP contribution is -2.12. The monoisotopic (exact) mass is 361 g/mol. The fourth-order valence-electron chi connectivity index (χ4n) is 3.02. The molecule has 0 radical (unpaired) electrons. The minimum Gasteiger partial charge on any atom is -0.487 e. The van der Waals surface area contributed by atoms with Crippen molar-refractivity contribution in [3.8, 4) is 22.9 Å². The van der Waals surface area contributed by atoms with Crippen LogP contribution in [0.15, 0.2) is 41.8 Å². The average molecular weight is 361 g/mol. The van der Waals surface area contributed by atoms with Gasteiger partial charge in [0.25, 0.3) is 5.91 Å². The molecule has 5 nitrogen and oxygen atoms in total. The van der Waals surface area contributed by atoms with Crippen molar-refractivity contribution in [1.82, 2.24) is 10.3 Å². The molecule has 0 unspecified atom stereocenters. The largest absolute Gasteiger partial charge is 0.487 e. The van der Waals surface area contributed by atoms with Crippen LogP contribution in [0.1, 0.15) is 32.2 Å². The number of nitrogens with one attached hydrogen (secondary N) is 1. The lowest BCUT2D eigenvalue weighted by atomic mass is 9.96. The number of benzene rings is 2. The van der Waals surface area contributed by atoms with Crippen molar-refractivity contribution in [2.75, 3.05) is 0 Å². The quantitative estimate of drug-likeness (QED) is 0.767. The van der Waals surface area contributed by atoms with Gasteiger partial charge in [0, 0.05) is 28.6 Å². The van der Waals surface area contributed by atoms with E-state index in [2.05, 4.69) is 16.4 Å². The summed E-state index contributed by atoms with van der Waals surface area (Å²) in [5.74, 6) is 0.547. The predicted molar refractivity (Wildman–Crippen MR) is 98.9 cm³/mol. The maximum absolute atomic E-state index is 12.1. The highest BCUT2D eigenvalue weighted by Gasteiger charge is 2.23. The first-order valence-corrected chi connectivity index (χ1v) is 9.02. The van der Waals surface area contributed by atoms with E-state index in [-0.39, 0.29) is 5.91 Å². The lowest BCUT2D eigenvalue weighted by molar-refractivity contribution is 0.0966. The van der Waals surface area contributed by atoms with E-state index < -0.39 is 0 Å². The third-order valence-electron chi connectivity index (χ3n) is 4.27. The molecule has 1 amide bonds. The molecule has 0 saturated carbocycles. The Kier molecular flexibility index (Phi) is 4.15. The van der Waals surface area contributed by atoms with E-state index in [0.717, 1.165) is 27.4 Å². The highest BCUT2D eigenvalue weighted by Crippen LogP contribution is 2.36. The summed E-state index contributed by atoms with van der Waals surface area (Å²) in [5.41, 5.74) is 4.43. The summed E-state index contributed by atoms with van der Waals surface area (Å²) >= 11 is 1.58. The second-order valence-corrected chi connectivity index (χ2v) is 7.05.